The molecule has 0 spiro atoms. The smallest absolute Gasteiger partial charge is 0.334 e. The fourth-order valence-electron chi connectivity index (χ4n) is 2.56. The number of nitrogens with one attached hydrogen (secondary N) is 2. The minimum atomic E-state index is -0.754. The van der Waals surface area contributed by atoms with E-state index in [1.807, 2.05) is 0 Å². The second-order valence-corrected chi connectivity index (χ2v) is 6.54. The molecule has 0 bridgehead atoms. The first-order valence-electron chi connectivity index (χ1n) is 8.97. The zero-order valence-corrected chi connectivity index (χ0v) is 16.1. The monoisotopic (exact) mass is 388 g/mol. The molecule has 0 saturated carbocycles. The Labute approximate surface area is 158 Å². The number of unbranched alkanes of at least 4 members (excludes halogenated alkanes) is 1. The molecule has 0 aromatic heterocycles. The maximum Gasteiger partial charge on any atom is 0.334 e. The molecule has 0 aliphatic carbocycles. The summed E-state index contributed by atoms with van der Waals surface area (Å²) < 4.78 is 0. The third-order valence-electron chi connectivity index (χ3n) is 4.03. The normalized spacial score (nSPS) is 15.0. The van der Waals surface area contributed by atoms with Gasteiger partial charge in [-0.05, 0) is 33.4 Å². The average Bonchev–Trinajstić information content (AvgIpc) is 2.89. The highest BCUT2D eigenvalue weighted by Crippen LogP contribution is 2.12. The first-order valence-corrected chi connectivity index (χ1v) is 8.97. The molecule has 1 saturated heterocycles. The molecule has 10 heteroatoms. The van der Waals surface area contributed by atoms with Gasteiger partial charge in [-0.2, -0.15) is 0 Å². The van der Waals surface area contributed by atoms with Crippen molar-refractivity contribution >= 4 is 29.6 Å². The summed E-state index contributed by atoms with van der Waals surface area (Å²) in [5, 5.41) is 5.85. The van der Waals surface area contributed by atoms with Crippen molar-refractivity contribution in [2.24, 2.45) is 0 Å². The molecule has 0 aromatic carbocycles. The van der Waals surface area contributed by atoms with E-state index in [2.05, 4.69) is 10.6 Å². The summed E-state index contributed by atoms with van der Waals surface area (Å²) in [5.41, 5.74) is 0. The Balaban J connectivity index is 2.30. The van der Waals surface area contributed by atoms with E-state index in [1.165, 1.54) is 6.92 Å². The topological polar surface area (TPSA) is 125 Å². The van der Waals surface area contributed by atoms with Crippen molar-refractivity contribution in [1.82, 2.24) is 20.6 Å². The van der Waals surface area contributed by atoms with Crippen LogP contribution in [0.15, 0.2) is 0 Å². The van der Waals surface area contributed by atoms with Crippen LogP contribution >= 0.6 is 0 Å². The van der Waals surface area contributed by atoms with Crippen molar-refractivity contribution in [3.05, 3.63) is 0 Å². The summed E-state index contributed by atoms with van der Waals surface area (Å²) >= 11 is 0. The van der Waals surface area contributed by atoms with Crippen molar-refractivity contribution < 1.29 is 28.8 Å². The van der Waals surface area contributed by atoms with Gasteiger partial charge in [0, 0.05) is 32.9 Å². The highest BCUT2D eigenvalue weighted by Gasteiger charge is 2.32. The van der Waals surface area contributed by atoms with Crippen LogP contribution in [0.2, 0.25) is 0 Å². The van der Waals surface area contributed by atoms with Crippen LogP contribution in [-0.2, 0) is 28.8 Å². The number of hydroxylamine groups is 2. The fraction of sp³-hybridized carbons (Fsp3) is 0.706. The van der Waals surface area contributed by atoms with Crippen LogP contribution in [0.3, 0.4) is 0 Å². The molecule has 1 aliphatic rings. The number of hydrogen-bond acceptors (Lipinski definition) is 7. The molecule has 0 aromatic rings. The van der Waals surface area contributed by atoms with Gasteiger partial charge >= 0.3 is 5.97 Å². The van der Waals surface area contributed by atoms with Crippen LogP contribution in [-0.4, -0.2) is 72.8 Å². The van der Waals surface area contributed by atoms with E-state index in [0.29, 0.717) is 18.0 Å². The van der Waals surface area contributed by atoms with E-state index < -0.39 is 17.8 Å². The SMILES string of the molecule is C[15N](C)C(CCCCN[13C]([13CH3])=O)C(=O)N[13CH2]CC(=O)ON1C(=O)CCC1=O. The van der Waals surface area contributed by atoms with Gasteiger partial charge in [0.2, 0.25) is 11.8 Å². The molecule has 1 fully saturated rings. The molecule has 1 aliphatic heterocycles. The molecule has 10 nitrogen and oxygen atoms in total. The standard InChI is InChI=1S/C17H28N4O6/c1-12(22)18-10-5-4-6-13(20(2)3)17(26)19-11-9-16(25)27-21-14(23)7-8-15(21)24/h13H,4-11H2,1-3H3,(H,18,22)(H,19,26)/i1+1,11+1,12+1,20+1. The predicted octanol–water partition coefficient (Wildman–Crippen LogP) is -0.663. The van der Waals surface area contributed by atoms with Crippen molar-refractivity contribution in [3.63, 3.8) is 0 Å². The second-order valence-electron chi connectivity index (χ2n) is 6.54. The van der Waals surface area contributed by atoms with Crippen molar-refractivity contribution in [2.75, 3.05) is 27.2 Å². The number of rotatable bonds is 11. The van der Waals surface area contributed by atoms with Gasteiger partial charge in [-0.25, -0.2) is 4.79 Å². The summed E-state index contributed by atoms with van der Waals surface area (Å²) in [4.78, 5) is 64.1. The second kappa shape index (κ2) is 11.3. The highest BCUT2D eigenvalue weighted by atomic mass is 16.7. The van der Waals surface area contributed by atoms with Gasteiger partial charge in [0.05, 0.1) is 12.5 Å². The van der Waals surface area contributed by atoms with Crippen LogP contribution in [0.25, 0.3) is 0 Å². The van der Waals surface area contributed by atoms with Gasteiger partial charge in [0.1, 0.15) is 0 Å². The van der Waals surface area contributed by atoms with Gasteiger partial charge in [-0.15, -0.1) is 5.06 Å². The number of carbonyl (C=O) groups excluding carboxylic acids is 5. The predicted molar refractivity (Wildman–Crippen MR) is 94.8 cm³/mol. The maximum atomic E-state index is 12.3. The van der Waals surface area contributed by atoms with E-state index in [9.17, 15) is 24.0 Å². The van der Waals surface area contributed by atoms with E-state index in [4.69, 9.17) is 4.84 Å². The lowest BCUT2D eigenvalue weighted by Gasteiger charge is -2.23. The van der Waals surface area contributed by atoms with Gasteiger partial charge < -0.3 is 15.5 Å². The minimum absolute atomic E-state index is 0.0370. The van der Waals surface area contributed by atoms with E-state index in [1.54, 1.807) is 19.0 Å². The largest absolute Gasteiger partial charge is 0.356 e. The lowest BCUT2D eigenvalue weighted by molar-refractivity contribution is -0.197. The Kier molecular flexibility index (Phi) is 9.41. The average molecular weight is 388 g/mol. The first kappa shape index (κ1) is 22.6. The van der Waals surface area contributed by atoms with Crippen LogP contribution in [0, 0.1) is 0 Å². The molecule has 1 unspecified atom stereocenters. The molecular formula is C17H28N4O6. The quantitative estimate of drug-likeness (QED) is 0.208. The molecule has 1 heterocycles. The number of hydrogen-bond donors (Lipinski definition) is 2. The third kappa shape index (κ3) is 8.16. The van der Waals surface area contributed by atoms with Gasteiger partial charge in [0.25, 0.3) is 11.8 Å². The molecule has 1 rings (SSSR count). The lowest BCUT2D eigenvalue weighted by Crippen LogP contribution is -2.44. The van der Waals surface area contributed by atoms with E-state index in [0.717, 1.165) is 12.8 Å². The summed E-state index contributed by atoms with van der Waals surface area (Å²) in [5.74, 6) is -2.13. The summed E-state index contributed by atoms with van der Waals surface area (Å²) in [6.07, 6.45) is 2.06. The van der Waals surface area contributed by atoms with Crippen molar-refractivity contribution in [2.45, 2.75) is 51.5 Å². The minimum Gasteiger partial charge on any atom is -0.356 e. The van der Waals surface area contributed by atoms with Gasteiger partial charge in [0.15, 0.2) is 0 Å². The molecule has 4 amide bonds. The maximum absolute atomic E-state index is 12.3. The zero-order valence-electron chi connectivity index (χ0n) is 16.1. The Morgan fingerprint density at radius 2 is 1.70 bits per heavy atom. The van der Waals surface area contributed by atoms with Gasteiger partial charge in [-0.1, -0.05) is 0 Å². The van der Waals surface area contributed by atoms with E-state index >= 15 is 0 Å². The summed E-state index contributed by atoms with van der Waals surface area (Å²) in [6, 6.07) is -0.361. The number of carbonyl (C=O) groups is 5. The molecule has 152 valence electrons. The Bertz CT molecular complexity index is 562. The molecule has 27 heavy (non-hydrogen) atoms. The van der Waals surface area contributed by atoms with Crippen LogP contribution < -0.4 is 10.6 Å². The zero-order chi connectivity index (χ0) is 20.4. The summed E-state index contributed by atoms with van der Waals surface area (Å²) in [6.45, 7) is 2.07. The van der Waals surface area contributed by atoms with Crippen LogP contribution in [0.1, 0.15) is 45.4 Å². The number of amides is 4. The molecule has 2 N–H and O–H groups in total. The number of imide groups is 1. The fourth-order valence-corrected chi connectivity index (χ4v) is 2.56. The van der Waals surface area contributed by atoms with Crippen LogP contribution in [0.4, 0.5) is 0 Å². The third-order valence-corrected chi connectivity index (χ3v) is 4.03. The highest BCUT2D eigenvalue weighted by molar-refractivity contribution is 6.01. The Hall–Kier alpha value is -2.49. The lowest BCUT2D eigenvalue weighted by atomic mass is 10.1. The van der Waals surface area contributed by atoms with Crippen LogP contribution in [0.5, 0.6) is 0 Å². The number of likely N-dealkylation sites (N-methyl/N-ethyl adjacent to an activating group) is 1. The van der Waals surface area contributed by atoms with Crippen molar-refractivity contribution in [3.8, 4) is 0 Å². The molecule has 0 radical (unpaired) electrons. The van der Waals surface area contributed by atoms with Gasteiger partial charge in [-0.3, -0.25) is 24.1 Å². The van der Waals surface area contributed by atoms with Crippen molar-refractivity contribution in [1.29, 1.82) is 0 Å². The Morgan fingerprint density at radius 3 is 2.26 bits per heavy atom. The number of nitrogens with zero attached hydrogens (tertiary/aromatic N) is 2. The first-order chi connectivity index (χ1) is 12.7. The molecule has 1 atom stereocenters. The Morgan fingerprint density at radius 1 is 1.07 bits per heavy atom. The van der Waals surface area contributed by atoms with E-state index in [-0.39, 0.29) is 43.7 Å². The summed E-state index contributed by atoms with van der Waals surface area (Å²) in [7, 11) is 3.58. The molecular weight excluding hydrogens is 360 g/mol.